The molecule has 1 aromatic heterocycles. The molecule has 5 heteroatoms. The number of rotatable bonds is 6. The van der Waals surface area contributed by atoms with Crippen molar-refractivity contribution in [2.75, 3.05) is 45.4 Å². The number of anilines is 2. The van der Waals surface area contributed by atoms with Crippen LogP contribution in [-0.2, 0) is 6.54 Å². The molecular formula is C20H27N5. The molecule has 0 aliphatic carbocycles. The van der Waals surface area contributed by atoms with Gasteiger partial charge in [-0.25, -0.2) is 4.98 Å². The first kappa shape index (κ1) is 17.3. The van der Waals surface area contributed by atoms with Gasteiger partial charge in [-0.3, -0.25) is 0 Å². The van der Waals surface area contributed by atoms with Crippen LogP contribution < -0.4 is 10.6 Å². The van der Waals surface area contributed by atoms with E-state index in [0.717, 1.165) is 30.5 Å². The first-order valence-electron chi connectivity index (χ1n) is 8.64. The van der Waals surface area contributed by atoms with Crippen molar-refractivity contribution >= 4 is 22.7 Å². The van der Waals surface area contributed by atoms with Gasteiger partial charge in [0.2, 0.25) is 5.95 Å². The van der Waals surface area contributed by atoms with Crippen LogP contribution in [0.15, 0.2) is 42.5 Å². The standard InChI is InChI=1S/C20H27N5/c1-23(2)12-7-13-25-19-17(10-6-11-18(19)22-20(25)21)15-8-5-9-16(14-15)24(3)4/h5-6,8-11,14H,7,12-13H2,1-4H3,(H2,21,22). The van der Waals surface area contributed by atoms with Crippen molar-refractivity contribution in [3.63, 3.8) is 0 Å². The summed E-state index contributed by atoms with van der Waals surface area (Å²) in [5.41, 5.74) is 11.8. The second-order valence-electron chi connectivity index (χ2n) is 6.90. The quantitative estimate of drug-likeness (QED) is 0.750. The number of benzene rings is 2. The van der Waals surface area contributed by atoms with E-state index in [0.29, 0.717) is 5.95 Å². The molecule has 0 saturated carbocycles. The van der Waals surface area contributed by atoms with Gasteiger partial charge in [0.25, 0.3) is 0 Å². The molecule has 0 aliphatic rings. The Kier molecular flexibility index (Phi) is 4.95. The van der Waals surface area contributed by atoms with E-state index in [9.17, 15) is 0 Å². The Morgan fingerprint density at radius 2 is 1.80 bits per heavy atom. The van der Waals surface area contributed by atoms with Crippen LogP contribution in [0.1, 0.15) is 6.42 Å². The summed E-state index contributed by atoms with van der Waals surface area (Å²) in [6, 6.07) is 14.8. The van der Waals surface area contributed by atoms with Crippen LogP contribution in [0, 0.1) is 0 Å². The lowest BCUT2D eigenvalue weighted by Gasteiger charge is -2.15. The van der Waals surface area contributed by atoms with E-state index in [2.05, 4.69) is 83.9 Å². The molecule has 0 fully saturated rings. The number of para-hydroxylation sites is 1. The van der Waals surface area contributed by atoms with Crippen LogP contribution in [0.4, 0.5) is 11.6 Å². The highest BCUT2D eigenvalue weighted by Gasteiger charge is 2.14. The summed E-state index contributed by atoms with van der Waals surface area (Å²) in [6.07, 6.45) is 1.04. The van der Waals surface area contributed by atoms with Crippen LogP contribution in [0.2, 0.25) is 0 Å². The monoisotopic (exact) mass is 337 g/mol. The van der Waals surface area contributed by atoms with Gasteiger partial charge < -0.3 is 20.1 Å². The molecule has 2 aromatic carbocycles. The fraction of sp³-hybridized carbons (Fsp3) is 0.350. The Morgan fingerprint density at radius 3 is 2.52 bits per heavy atom. The van der Waals surface area contributed by atoms with Gasteiger partial charge in [-0.15, -0.1) is 0 Å². The summed E-state index contributed by atoms with van der Waals surface area (Å²) < 4.78 is 2.15. The first-order chi connectivity index (χ1) is 12.0. The summed E-state index contributed by atoms with van der Waals surface area (Å²) in [4.78, 5) is 8.88. The highest BCUT2D eigenvalue weighted by molar-refractivity contribution is 5.94. The maximum atomic E-state index is 6.23. The van der Waals surface area contributed by atoms with Gasteiger partial charge in [-0.1, -0.05) is 24.3 Å². The number of fused-ring (bicyclic) bond motifs is 1. The van der Waals surface area contributed by atoms with Gasteiger partial charge in [0.05, 0.1) is 11.0 Å². The van der Waals surface area contributed by atoms with Gasteiger partial charge in [0.15, 0.2) is 0 Å². The molecule has 0 bridgehead atoms. The van der Waals surface area contributed by atoms with Gasteiger partial charge in [0, 0.05) is 31.9 Å². The van der Waals surface area contributed by atoms with Crippen molar-refractivity contribution in [1.29, 1.82) is 0 Å². The lowest BCUT2D eigenvalue weighted by Crippen LogP contribution is -2.15. The number of hydrogen-bond donors (Lipinski definition) is 1. The summed E-state index contributed by atoms with van der Waals surface area (Å²) in [6.45, 7) is 1.89. The van der Waals surface area contributed by atoms with Crippen LogP contribution >= 0.6 is 0 Å². The van der Waals surface area contributed by atoms with Gasteiger partial charge in [-0.2, -0.15) is 0 Å². The summed E-state index contributed by atoms with van der Waals surface area (Å²) in [5.74, 6) is 0.588. The van der Waals surface area contributed by atoms with Crippen molar-refractivity contribution in [3.8, 4) is 11.1 Å². The van der Waals surface area contributed by atoms with E-state index in [1.807, 2.05) is 6.07 Å². The molecule has 1 heterocycles. The van der Waals surface area contributed by atoms with E-state index in [4.69, 9.17) is 5.73 Å². The lowest BCUT2D eigenvalue weighted by molar-refractivity contribution is 0.388. The molecule has 2 N–H and O–H groups in total. The van der Waals surface area contributed by atoms with Crippen molar-refractivity contribution in [2.24, 2.45) is 0 Å². The molecule has 0 saturated heterocycles. The summed E-state index contributed by atoms with van der Waals surface area (Å²) in [5, 5.41) is 0. The number of imidazole rings is 1. The van der Waals surface area contributed by atoms with E-state index >= 15 is 0 Å². The maximum absolute atomic E-state index is 6.23. The van der Waals surface area contributed by atoms with E-state index in [1.165, 1.54) is 16.8 Å². The molecule has 3 rings (SSSR count). The Hall–Kier alpha value is -2.53. The second kappa shape index (κ2) is 7.15. The van der Waals surface area contributed by atoms with E-state index in [-0.39, 0.29) is 0 Å². The number of aryl methyl sites for hydroxylation is 1. The topological polar surface area (TPSA) is 50.3 Å². The highest BCUT2D eigenvalue weighted by Crippen LogP contribution is 2.32. The third-order valence-electron chi connectivity index (χ3n) is 4.46. The van der Waals surface area contributed by atoms with Gasteiger partial charge >= 0.3 is 0 Å². The van der Waals surface area contributed by atoms with Crippen LogP contribution in [0.3, 0.4) is 0 Å². The zero-order chi connectivity index (χ0) is 18.0. The number of nitrogen functional groups attached to an aromatic ring is 1. The number of nitrogens with zero attached hydrogens (tertiary/aromatic N) is 4. The predicted octanol–water partition coefficient (Wildman–Crippen LogP) is 3.30. The third-order valence-corrected chi connectivity index (χ3v) is 4.46. The minimum atomic E-state index is 0.588. The van der Waals surface area contributed by atoms with Crippen molar-refractivity contribution in [3.05, 3.63) is 42.5 Å². The molecule has 3 aromatic rings. The Morgan fingerprint density at radius 1 is 1.04 bits per heavy atom. The fourth-order valence-electron chi connectivity index (χ4n) is 3.16. The first-order valence-corrected chi connectivity index (χ1v) is 8.64. The molecule has 132 valence electrons. The minimum Gasteiger partial charge on any atom is -0.378 e. The SMILES string of the molecule is CN(C)CCCn1c(N)nc2cccc(-c3cccc(N(C)C)c3)c21. The Bertz CT molecular complexity index is 864. The molecular weight excluding hydrogens is 310 g/mol. The van der Waals surface area contributed by atoms with Crippen LogP contribution in [0.25, 0.3) is 22.2 Å². The fourth-order valence-corrected chi connectivity index (χ4v) is 3.16. The van der Waals surface area contributed by atoms with E-state index < -0.39 is 0 Å². The molecule has 0 spiro atoms. The van der Waals surface area contributed by atoms with Crippen LogP contribution in [-0.4, -0.2) is 49.2 Å². The van der Waals surface area contributed by atoms with Crippen molar-refractivity contribution < 1.29 is 0 Å². The summed E-state index contributed by atoms with van der Waals surface area (Å²) in [7, 11) is 8.30. The molecule has 25 heavy (non-hydrogen) atoms. The smallest absolute Gasteiger partial charge is 0.201 e. The maximum Gasteiger partial charge on any atom is 0.201 e. The zero-order valence-corrected chi connectivity index (χ0v) is 15.5. The van der Waals surface area contributed by atoms with Crippen molar-refractivity contribution in [1.82, 2.24) is 14.5 Å². The molecule has 0 unspecified atom stereocenters. The highest BCUT2D eigenvalue weighted by atomic mass is 15.2. The van der Waals surface area contributed by atoms with Gasteiger partial charge in [-0.05, 0) is 50.8 Å². The molecule has 0 atom stereocenters. The van der Waals surface area contributed by atoms with Crippen molar-refractivity contribution in [2.45, 2.75) is 13.0 Å². The van der Waals surface area contributed by atoms with E-state index in [1.54, 1.807) is 0 Å². The zero-order valence-electron chi connectivity index (χ0n) is 15.5. The predicted molar refractivity (Wildman–Crippen MR) is 107 cm³/mol. The largest absolute Gasteiger partial charge is 0.378 e. The third kappa shape index (κ3) is 3.61. The Labute approximate surface area is 149 Å². The summed E-state index contributed by atoms with van der Waals surface area (Å²) >= 11 is 0. The second-order valence-corrected chi connectivity index (χ2v) is 6.90. The number of hydrogen-bond acceptors (Lipinski definition) is 4. The average molecular weight is 337 g/mol. The minimum absolute atomic E-state index is 0.588. The number of nitrogens with two attached hydrogens (primary N) is 1. The van der Waals surface area contributed by atoms with Crippen LogP contribution in [0.5, 0.6) is 0 Å². The normalized spacial score (nSPS) is 11.4. The molecule has 0 amide bonds. The Balaban J connectivity index is 2.08. The molecule has 0 radical (unpaired) electrons. The number of aromatic nitrogens is 2. The lowest BCUT2D eigenvalue weighted by atomic mass is 10.0. The van der Waals surface area contributed by atoms with Gasteiger partial charge in [0.1, 0.15) is 0 Å². The average Bonchev–Trinajstić information content (AvgIpc) is 2.90. The molecule has 0 aliphatic heterocycles. The molecule has 5 nitrogen and oxygen atoms in total.